The number of carbonyl (C=O) groups excluding carboxylic acids is 2. The third-order valence-electron chi connectivity index (χ3n) is 5.89. The average molecular weight is 413 g/mol. The second-order valence-electron chi connectivity index (χ2n) is 7.83. The van der Waals surface area contributed by atoms with Gasteiger partial charge in [0, 0.05) is 23.9 Å². The van der Waals surface area contributed by atoms with Gasteiger partial charge >= 0.3 is 0 Å². The van der Waals surface area contributed by atoms with Gasteiger partial charge in [0.1, 0.15) is 6.54 Å². The van der Waals surface area contributed by atoms with Crippen molar-refractivity contribution in [1.82, 2.24) is 9.80 Å². The van der Waals surface area contributed by atoms with Gasteiger partial charge in [-0.3, -0.25) is 9.59 Å². The fourth-order valence-electron chi connectivity index (χ4n) is 4.00. The summed E-state index contributed by atoms with van der Waals surface area (Å²) in [5.74, 6) is 0.139. The fourth-order valence-corrected chi connectivity index (χ4v) is 4.90. The van der Waals surface area contributed by atoms with Crippen molar-refractivity contribution in [3.05, 3.63) is 57.8 Å². The summed E-state index contributed by atoms with van der Waals surface area (Å²) in [5.41, 5.74) is 2.36. The average Bonchev–Trinajstić information content (AvgIpc) is 3.23. The van der Waals surface area contributed by atoms with E-state index in [1.807, 2.05) is 30.0 Å². The monoisotopic (exact) mass is 412 g/mol. The molecule has 29 heavy (non-hydrogen) atoms. The van der Waals surface area contributed by atoms with Crippen LogP contribution in [-0.2, 0) is 16.0 Å². The van der Waals surface area contributed by atoms with Crippen LogP contribution in [0.2, 0.25) is 0 Å². The van der Waals surface area contributed by atoms with Gasteiger partial charge in [-0.2, -0.15) is 0 Å². The third-order valence-corrected chi connectivity index (χ3v) is 6.89. The molecule has 1 aliphatic rings. The van der Waals surface area contributed by atoms with Gasteiger partial charge in [-0.15, -0.1) is 11.3 Å². The number of fused-ring (bicyclic) bond motifs is 1. The smallest absolute Gasteiger partial charge is 0.243 e. The highest BCUT2D eigenvalue weighted by Gasteiger charge is 2.34. The molecule has 2 heterocycles. The van der Waals surface area contributed by atoms with Crippen LogP contribution in [0.15, 0.2) is 41.8 Å². The molecule has 0 fully saturated rings. The van der Waals surface area contributed by atoms with Gasteiger partial charge < -0.3 is 9.80 Å². The summed E-state index contributed by atoms with van der Waals surface area (Å²) in [7, 11) is 0. The van der Waals surface area contributed by atoms with Crippen molar-refractivity contribution in [1.29, 1.82) is 0 Å². The first-order valence-corrected chi connectivity index (χ1v) is 11.6. The highest BCUT2D eigenvalue weighted by molar-refractivity contribution is 7.10. The normalized spacial score (nSPS) is 16.9. The van der Waals surface area contributed by atoms with Crippen LogP contribution >= 0.6 is 11.3 Å². The van der Waals surface area contributed by atoms with Crippen LogP contribution in [0.3, 0.4) is 0 Å². The molecule has 0 radical (unpaired) electrons. The van der Waals surface area contributed by atoms with Gasteiger partial charge in [-0.25, -0.2) is 0 Å². The maximum Gasteiger partial charge on any atom is 0.243 e. The molecule has 2 unspecified atom stereocenters. The number of thiophene rings is 1. The van der Waals surface area contributed by atoms with Gasteiger partial charge in [0.15, 0.2) is 0 Å². The van der Waals surface area contributed by atoms with Crippen molar-refractivity contribution in [2.24, 2.45) is 0 Å². The summed E-state index contributed by atoms with van der Waals surface area (Å²) in [6.07, 6.45) is 4.10. The zero-order valence-electron chi connectivity index (χ0n) is 17.8. The molecular weight excluding hydrogens is 380 g/mol. The zero-order chi connectivity index (χ0) is 20.8. The molecule has 4 nitrogen and oxygen atoms in total. The molecular formula is C24H32N2O2S. The second kappa shape index (κ2) is 10.1. The standard InChI is InChI=1S/C24H32N2O2S/c1-4-6-12-22(27)26(18(3)5-2)17-23(28)25-15-13-21-20(14-16-29-21)24(25)19-10-8-7-9-11-19/h7-11,14,16,18,24H,4-6,12-13,15,17H2,1-3H3. The predicted molar refractivity (Wildman–Crippen MR) is 119 cm³/mol. The topological polar surface area (TPSA) is 40.6 Å². The molecule has 2 aromatic rings. The Balaban J connectivity index is 1.85. The number of amides is 2. The summed E-state index contributed by atoms with van der Waals surface area (Å²) in [5, 5.41) is 2.12. The molecule has 2 atom stereocenters. The largest absolute Gasteiger partial charge is 0.331 e. The molecule has 0 bridgehead atoms. The Kier molecular flexibility index (Phi) is 7.48. The van der Waals surface area contributed by atoms with Crippen LogP contribution in [0.4, 0.5) is 0 Å². The first kappa shape index (κ1) is 21.6. The molecule has 0 aliphatic carbocycles. The summed E-state index contributed by atoms with van der Waals surface area (Å²) in [6.45, 7) is 7.06. The lowest BCUT2D eigenvalue weighted by Gasteiger charge is -2.38. The lowest BCUT2D eigenvalue weighted by Crippen LogP contribution is -2.49. The van der Waals surface area contributed by atoms with Crippen molar-refractivity contribution in [3.8, 4) is 0 Å². The lowest BCUT2D eigenvalue weighted by atomic mass is 9.93. The van der Waals surface area contributed by atoms with Gasteiger partial charge in [-0.05, 0) is 48.8 Å². The van der Waals surface area contributed by atoms with Crippen LogP contribution in [0, 0.1) is 0 Å². The van der Waals surface area contributed by atoms with E-state index < -0.39 is 0 Å². The molecule has 2 amide bonds. The number of unbranched alkanes of at least 4 members (excludes halogenated alkanes) is 1. The lowest BCUT2D eigenvalue weighted by molar-refractivity contribution is -0.143. The predicted octanol–water partition coefficient (Wildman–Crippen LogP) is 5.04. The molecule has 0 saturated carbocycles. The van der Waals surface area contributed by atoms with E-state index in [-0.39, 0.29) is 30.4 Å². The minimum atomic E-state index is -0.0665. The Labute approximate surface area is 178 Å². The number of hydrogen-bond donors (Lipinski definition) is 0. The summed E-state index contributed by atoms with van der Waals surface area (Å²) in [4.78, 5) is 31.4. The summed E-state index contributed by atoms with van der Waals surface area (Å²) >= 11 is 1.77. The van der Waals surface area contributed by atoms with E-state index in [1.165, 1.54) is 10.4 Å². The Morgan fingerprint density at radius 2 is 1.97 bits per heavy atom. The molecule has 1 aliphatic heterocycles. The van der Waals surface area contributed by atoms with Crippen molar-refractivity contribution in [3.63, 3.8) is 0 Å². The number of hydrogen-bond acceptors (Lipinski definition) is 3. The Morgan fingerprint density at radius 3 is 2.66 bits per heavy atom. The number of rotatable bonds is 8. The van der Waals surface area contributed by atoms with Crippen LogP contribution in [0.1, 0.15) is 68.5 Å². The quantitative estimate of drug-likeness (QED) is 0.609. The van der Waals surface area contributed by atoms with Crippen molar-refractivity contribution in [2.75, 3.05) is 13.1 Å². The van der Waals surface area contributed by atoms with Crippen LogP contribution in [-0.4, -0.2) is 40.7 Å². The second-order valence-corrected chi connectivity index (χ2v) is 8.83. The van der Waals surface area contributed by atoms with E-state index in [9.17, 15) is 9.59 Å². The first-order valence-electron chi connectivity index (χ1n) is 10.8. The minimum Gasteiger partial charge on any atom is -0.331 e. The van der Waals surface area contributed by atoms with E-state index in [0.29, 0.717) is 13.0 Å². The van der Waals surface area contributed by atoms with Crippen molar-refractivity contribution >= 4 is 23.2 Å². The Morgan fingerprint density at radius 1 is 1.21 bits per heavy atom. The molecule has 5 heteroatoms. The van der Waals surface area contributed by atoms with Crippen LogP contribution in [0.5, 0.6) is 0 Å². The molecule has 3 rings (SSSR count). The maximum absolute atomic E-state index is 13.5. The number of benzene rings is 1. The molecule has 0 spiro atoms. The molecule has 1 aromatic heterocycles. The van der Waals surface area contributed by atoms with Gasteiger partial charge in [0.05, 0.1) is 6.04 Å². The van der Waals surface area contributed by atoms with E-state index in [1.54, 1.807) is 16.2 Å². The fraction of sp³-hybridized carbons (Fsp3) is 0.500. The third kappa shape index (κ3) is 4.89. The zero-order valence-corrected chi connectivity index (χ0v) is 18.6. The Hall–Kier alpha value is -2.14. The summed E-state index contributed by atoms with van der Waals surface area (Å²) < 4.78 is 0. The minimum absolute atomic E-state index is 0.0425. The van der Waals surface area contributed by atoms with E-state index >= 15 is 0 Å². The molecule has 1 aromatic carbocycles. The molecule has 156 valence electrons. The van der Waals surface area contributed by atoms with Crippen LogP contribution < -0.4 is 0 Å². The van der Waals surface area contributed by atoms with Crippen molar-refractivity contribution in [2.45, 2.75) is 65.0 Å². The molecule has 0 N–H and O–H groups in total. The number of nitrogens with zero attached hydrogens (tertiary/aromatic N) is 2. The SMILES string of the molecule is CCCCC(=O)N(CC(=O)N1CCc2sccc2C1c1ccccc1)C(C)CC. The highest BCUT2D eigenvalue weighted by Crippen LogP contribution is 2.37. The summed E-state index contributed by atoms with van der Waals surface area (Å²) in [6, 6.07) is 12.4. The van der Waals surface area contributed by atoms with Crippen LogP contribution in [0.25, 0.3) is 0 Å². The van der Waals surface area contributed by atoms with Gasteiger partial charge in [0.2, 0.25) is 11.8 Å². The van der Waals surface area contributed by atoms with E-state index in [4.69, 9.17) is 0 Å². The first-order chi connectivity index (χ1) is 14.1. The van der Waals surface area contributed by atoms with E-state index in [2.05, 4.69) is 37.4 Å². The highest BCUT2D eigenvalue weighted by atomic mass is 32.1. The van der Waals surface area contributed by atoms with Gasteiger partial charge in [0.25, 0.3) is 0 Å². The Bertz CT molecular complexity index is 817. The van der Waals surface area contributed by atoms with E-state index in [0.717, 1.165) is 31.2 Å². The number of carbonyl (C=O) groups is 2. The maximum atomic E-state index is 13.5. The van der Waals surface area contributed by atoms with Crippen molar-refractivity contribution < 1.29 is 9.59 Å². The van der Waals surface area contributed by atoms with Gasteiger partial charge in [-0.1, -0.05) is 50.6 Å². The molecule has 0 saturated heterocycles.